The molecule has 100 valence electrons. The van der Waals surface area contributed by atoms with Gasteiger partial charge in [-0.05, 0) is 48.8 Å². The van der Waals surface area contributed by atoms with Crippen molar-refractivity contribution in [3.8, 4) is 0 Å². The number of aromatic nitrogens is 2. The minimum absolute atomic E-state index is 0.382. The molecule has 0 spiro atoms. The molecule has 2 aromatic rings. The van der Waals surface area contributed by atoms with Crippen LogP contribution in [0.3, 0.4) is 0 Å². The van der Waals surface area contributed by atoms with Crippen LogP contribution in [0.15, 0.2) is 33.3 Å². The molecule has 2 rings (SSSR count). The molecule has 6 heteroatoms. The molecule has 0 aliphatic carbocycles. The molecule has 1 unspecified atom stereocenters. The molecule has 0 saturated heterocycles. The molecule has 0 saturated carbocycles. The molecule has 1 atom stereocenters. The summed E-state index contributed by atoms with van der Waals surface area (Å²) in [6, 6.07) is 7.58. The lowest BCUT2D eigenvalue weighted by Gasteiger charge is -2.17. The molecule has 4 nitrogen and oxygen atoms in total. The SMILES string of the molecule is CC(C)(C)[S+]([O-])N=Cc1nc2ccccc2nc1Br. The fraction of sp³-hybridized carbons (Fsp3) is 0.308. The van der Waals surface area contributed by atoms with Gasteiger partial charge in [0, 0.05) is 0 Å². The topological polar surface area (TPSA) is 61.2 Å². The number of fused-ring (bicyclic) bond motifs is 1. The minimum atomic E-state index is -1.30. The van der Waals surface area contributed by atoms with Crippen molar-refractivity contribution in [1.82, 2.24) is 9.97 Å². The van der Waals surface area contributed by atoms with Crippen molar-refractivity contribution in [1.29, 1.82) is 0 Å². The van der Waals surface area contributed by atoms with E-state index in [1.807, 2.05) is 45.0 Å². The predicted octanol–water partition coefficient (Wildman–Crippen LogP) is 3.27. The van der Waals surface area contributed by atoms with Crippen molar-refractivity contribution < 1.29 is 4.55 Å². The second-order valence-corrected chi connectivity index (χ2v) is 7.67. The van der Waals surface area contributed by atoms with Crippen molar-refractivity contribution in [3.63, 3.8) is 0 Å². The van der Waals surface area contributed by atoms with Gasteiger partial charge in [-0.3, -0.25) is 0 Å². The summed E-state index contributed by atoms with van der Waals surface area (Å²) in [5, 5.41) is 0. The molecular formula is C13H14BrN3OS. The summed E-state index contributed by atoms with van der Waals surface area (Å²) >= 11 is 2.06. The van der Waals surface area contributed by atoms with Crippen LogP contribution in [0.4, 0.5) is 0 Å². The number of rotatable bonds is 2. The van der Waals surface area contributed by atoms with E-state index in [0.717, 1.165) is 11.0 Å². The Labute approximate surface area is 123 Å². The molecule has 0 radical (unpaired) electrons. The van der Waals surface area contributed by atoms with E-state index >= 15 is 0 Å². The first-order valence-electron chi connectivity index (χ1n) is 5.76. The molecular weight excluding hydrogens is 326 g/mol. The third kappa shape index (κ3) is 3.52. The van der Waals surface area contributed by atoms with E-state index in [-0.39, 0.29) is 4.75 Å². The summed E-state index contributed by atoms with van der Waals surface area (Å²) in [6.45, 7) is 5.63. The van der Waals surface area contributed by atoms with E-state index < -0.39 is 11.4 Å². The van der Waals surface area contributed by atoms with Gasteiger partial charge in [-0.25, -0.2) is 9.97 Å². The van der Waals surface area contributed by atoms with Gasteiger partial charge in [-0.2, -0.15) is 0 Å². The smallest absolute Gasteiger partial charge is 0.144 e. The van der Waals surface area contributed by atoms with E-state index in [2.05, 4.69) is 30.3 Å². The molecule has 0 aliphatic rings. The van der Waals surface area contributed by atoms with Gasteiger partial charge in [0.15, 0.2) is 0 Å². The Morgan fingerprint density at radius 1 is 1.21 bits per heavy atom. The largest absolute Gasteiger partial charge is 0.591 e. The first-order chi connectivity index (χ1) is 8.88. The Hall–Kier alpha value is -0.980. The number of hydrogen-bond donors (Lipinski definition) is 0. The van der Waals surface area contributed by atoms with Crippen LogP contribution in [-0.4, -0.2) is 25.5 Å². The third-order valence-corrected chi connectivity index (χ3v) is 4.28. The van der Waals surface area contributed by atoms with E-state index in [4.69, 9.17) is 0 Å². The summed E-state index contributed by atoms with van der Waals surface area (Å²) in [7, 11) is 0. The van der Waals surface area contributed by atoms with Gasteiger partial charge in [0.2, 0.25) is 0 Å². The zero-order chi connectivity index (χ0) is 14.0. The van der Waals surface area contributed by atoms with E-state index in [1.165, 1.54) is 6.21 Å². The molecule has 0 amide bonds. The highest BCUT2D eigenvalue weighted by atomic mass is 79.9. The van der Waals surface area contributed by atoms with E-state index in [0.29, 0.717) is 10.3 Å². The summed E-state index contributed by atoms with van der Waals surface area (Å²) in [5.74, 6) is 0. The predicted molar refractivity (Wildman–Crippen MR) is 82.7 cm³/mol. The zero-order valence-corrected chi connectivity index (χ0v) is 13.3. The van der Waals surface area contributed by atoms with Crippen LogP contribution in [0, 0.1) is 0 Å². The minimum Gasteiger partial charge on any atom is -0.591 e. The monoisotopic (exact) mass is 339 g/mol. The second-order valence-electron chi connectivity index (χ2n) is 4.98. The van der Waals surface area contributed by atoms with Gasteiger partial charge in [0.25, 0.3) is 0 Å². The maximum atomic E-state index is 11.9. The number of hydrogen-bond acceptors (Lipinski definition) is 4. The average molecular weight is 340 g/mol. The lowest BCUT2D eigenvalue weighted by Crippen LogP contribution is -2.25. The zero-order valence-electron chi connectivity index (χ0n) is 10.9. The maximum absolute atomic E-state index is 11.9. The Morgan fingerprint density at radius 3 is 2.37 bits per heavy atom. The van der Waals surface area contributed by atoms with Gasteiger partial charge in [-0.15, -0.1) is 0 Å². The molecule has 0 aliphatic heterocycles. The lowest BCUT2D eigenvalue weighted by molar-refractivity contribution is 0.562. The van der Waals surface area contributed by atoms with Crippen molar-refractivity contribution >= 4 is 44.5 Å². The van der Waals surface area contributed by atoms with Crippen LogP contribution < -0.4 is 0 Å². The number of nitrogens with zero attached hydrogens (tertiary/aromatic N) is 3. The first-order valence-corrected chi connectivity index (χ1v) is 7.66. The van der Waals surface area contributed by atoms with Crippen molar-refractivity contribution in [2.24, 2.45) is 4.40 Å². The van der Waals surface area contributed by atoms with Gasteiger partial charge < -0.3 is 4.55 Å². The fourth-order valence-corrected chi connectivity index (χ4v) is 2.22. The number of para-hydroxylation sites is 2. The Bertz CT molecular complexity index is 625. The van der Waals surface area contributed by atoms with E-state index in [9.17, 15) is 4.55 Å². The third-order valence-electron chi connectivity index (χ3n) is 2.35. The van der Waals surface area contributed by atoms with Gasteiger partial charge in [0.1, 0.15) is 32.6 Å². The summed E-state index contributed by atoms with van der Waals surface area (Å²) < 4.78 is 16.1. The quantitative estimate of drug-likeness (QED) is 0.623. The normalized spacial score (nSPS) is 14.2. The van der Waals surface area contributed by atoms with Crippen LogP contribution in [-0.2, 0) is 11.4 Å². The average Bonchev–Trinajstić information content (AvgIpc) is 2.34. The Morgan fingerprint density at radius 2 is 1.79 bits per heavy atom. The number of halogens is 1. The Balaban J connectivity index is 2.35. The highest BCUT2D eigenvalue weighted by molar-refractivity contribution is 9.10. The van der Waals surface area contributed by atoms with E-state index in [1.54, 1.807) is 0 Å². The summed E-state index contributed by atoms with van der Waals surface area (Å²) in [4.78, 5) is 8.82. The van der Waals surface area contributed by atoms with Crippen molar-refractivity contribution in [2.75, 3.05) is 0 Å². The molecule has 1 aromatic heterocycles. The molecule has 1 aromatic carbocycles. The van der Waals surface area contributed by atoms with Crippen LogP contribution in [0.1, 0.15) is 26.5 Å². The molecule has 0 bridgehead atoms. The standard InChI is InChI=1S/C13H14BrN3OS/c1-13(2,3)19(18)15-8-11-12(14)17-10-7-5-4-6-9(10)16-11/h4-8H,1-3H3. The Kier molecular flexibility index (Phi) is 4.23. The van der Waals surface area contributed by atoms with Crippen LogP contribution in [0.2, 0.25) is 0 Å². The van der Waals surface area contributed by atoms with Gasteiger partial charge >= 0.3 is 0 Å². The molecule has 19 heavy (non-hydrogen) atoms. The summed E-state index contributed by atoms with van der Waals surface area (Å²) in [6.07, 6.45) is 1.50. The summed E-state index contributed by atoms with van der Waals surface area (Å²) in [5.41, 5.74) is 2.17. The van der Waals surface area contributed by atoms with Crippen molar-refractivity contribution in [2.45, 2.75) is 25.5 Å². The van der Waals surface area contributed by atoms with Crippen LogP contribution in [0.5, 0.6) is 0 Å². The second kappa shape index (κ2) is 5.56. The lowest BCUT2D eigenvalue weighted by atomic mass is 10.3. The van der Waals surface area contributed by atoms with Crippen LogP contribution >= 0.6 is 15.9 Å². The molecule has 0 fully saturated rings. The number of benzene rings is 1. The highest BCUT2D eigenvalue weighted by Crippen LogP contribution is 2.19. The fourth-order valence-electron chi connectivity index (χ4n) is 1.33. The van der Waals surface area contributed by atoms with Gasteiger partial charge in [0.05, 0.1) is 11.0 Å². The molecule has 0 N–H and O–H groups in total. The van der Waals surface area contributed by atoms with Gasteiger partial charge in [-0.1, -0.05) is 16.5 Å². The highest BCUT2D eigenvalue weighted by Gasteiger charge is 2.26. The first kappa shape index (κ1) is 14.4. The van der Waals surface area contributed by atoms with Crippen LogP contribution in [0.25, 0.3) is 11.0 Å². The molecule has 1 heterocycles. The maximum Gasteiger partial charge on any atom is 0.144 e. The van der Waals surface area contributed by atoms with Crippen molar-refractivity contribution in [3.05, 3.63) is 34.6 Å².